The van der Waals surface area contributed by atoms with E-state index in [2.05, 4.69) is 50.2 Å². The molecule has 1 aromatic carbocycles. The van der Waals surface area contributed by atoms with Crippen LogP contribution in [0.15, 0.2) is 60.2 Å². The van der Waals surface area contributed by atoms with Crippen LogP contribution in [-0.4, -0.2) is 5.71 Å². The van der Waals surface area contributed by atoms with Gasteiger partial charge in [0.2, 0.25) is 0 Å². The Morgan fingerprint density at radius 2 is 1.88 bits per heavy atom. The molecular formula is C16H19N. The van der Waals surface area contributed by atoms with Gasteiger partial charge < -0.3 is 0 Å². The Balaban J connectivity index is 3.28. The molecule has 0 atom stereocenters. The number of allylic oxidation sites excluding steroid dienone is 4. The van der Waals surface area contributed by atoms with Crippen LogP contribution in [-0.2, 0) is 0 Å². The lowest BCUT2D eigenvalue weighted by Gasteiger charge is -2.05. The topological polar surface area (TPSA) is 12.4 Å². The predicted molar refractivity (Wildman–Crippen MR) is 77.2 cm³/mol. The molecule has 0 aliphatic heterocycles. The fourth-order valence-electron chi connectivity index (χ4n) is 1.57. The van der Waals surface area contributed by atoms with Gasteiger partial charge in [0.05, 0.1) is 11.4 Å². The van der Waals surface area contributed by atoms with E-state index >= 15 is 0 Å². The summed E-state index contributed by atoms with van der Waals surface area (Å²) in [7, 11) is 0. The largest absolute Gasteiger partial charge is 0.248 e. The zero-order valence-electron chi connectivity index (χ0n) is 10.8. The van der Waals surface area contributed by atoms with Crippen LogP contribution in [0.2, 0.25) is 0 Å². The van der Waals surface area contributed by atoms with Crippen molar-refractivity contribution in [3.8, 4) is 0 Å². The predicted octanol–water partition coefficient (Wildman–Crippen LogP) is 4.69. The number of nitrogens with zero attached hydrogens (tertiary/aromatic N) is 1. The van der Waals surface area contributed by atoms with E-state index in [4.69, 9.17) is 0 Å². The summed E-state index contributed by atoms with van der Waals surface area (Å²) in [4.78, 5) is 4.64. The number of aryl methyl sites for hydroxylation is 2. The third-order valence-corrected chi connectivity index (χ3v) is 2.63. The van der Waals surface area contributed by atoms with Gasteiger partial charge in [0, 0.05) is 0 Å². The lowest BCUT2D eigenvalue weighted by Crippen LogP contribution is -1.95. The van der Waals surface area contributed by atoms with Crippen molar-refractivity contribution in [1.82, 2.24) is 0 Å². The third-order valence-electron chi connectivity index (χ3n) is 2.63. The normalized spacial score (nSPS) is 12.4. The van der Waals surface area contributed by atoms with Crippen molar-refractivity contribution in [2.75, 3.05) is 0 Å². The average molecular weight is 225 g/mol. The van der Waals surface area contributed by atoms with E-state index in [1.807, 2.05) is 13.0 Å². The van der Waals surface area contributed by atoms with Crippen molar-refractivity contribution in [3.63, 3.8) is 0 Å². The van der Waals surface area contributed by atoms with Crippen molar-refractivity contribution >= 4 is 11.4 Å². The molecule has 0 aromatic heterocycles. The SMILES string of the molecule is C=CC(=C\C)/C(C=C)=N/c1cc(C)ccc1C. The first kappa shape index (κ1) is 13.2. The Morgan fingerprint density at radius 3 is 2.41 bits per heavy atom. The Hall–Kier alpha value is -1.89. The molecule has 0 aliphatic carbocycles. The van der Waals surface area contributed by atoms with E-state index in [-0.39, 0.29) is 0 Å². The van der Waals surface area contributed by atoms with Crippen molar-refractivity contribution in [3.05, 3.63) is 66.3 Å². The molecule has 1 nitrogen and oxygen atoms in total. The number of aliphatic imine (C=N–C) groups is 1. The second kappa shape index (κ2) is 6.00. The van der Waals surface area contributed by atoms with Crippen LogP contribution in [0, 0.1) is 13.8 Å². The van der Waals surface area contributed by atoms with Crippen LogP contribution >= 0.6 is 0 Å². The fourth-order valence-corrected chi connectivity index (χ4v) is 1.57. The third kappa shape index (κ3) is 3.28. The lowest BCUT2D eigenvalue weighted by molar-refractivity contribution is 1.35. The molecule has 0 unspecified atom stereocenters. The molecule has 17 heavy (non-hydrogen) atoms. The van der Waals surface area contributed by atoms with Gasteiger partial charge in [0.15, 0.2) is 0 Å². The van der Waals surface area contributed by atoms with E-state index in [1.54, 1.807) is 12.2 Å². The lowest BCUT2D eigenvalue weighted by atomic mass is 10.1. The molecule has 0 fully saturated rings. The van der Waals surface area contributed by atoms with Crippen molar-refractivity contribution in [2.24, 2.45) is 4.99 Å². The fraction of sp³-hybridized carbons (Fsp3) is 0.188. The number of benzene rings is 1. The van der Waals surface area contributed by atoms with Crippen LogP contribution in [0.1, 0.15) is 18.1 Å². The quantitative estimate of drug-likeness (QED) is 0.520. The molecule has 0 radical (unpaired) electrons. The summed E-state index contributed by atoms with van der Waals surface area (Å²) in [5.41, 5.74) is 5.21. The van der Waals surface area contributed by atoms with Gasteiger partial charge in [0.25, 0.3) is 0 Å². The summed E-state index contributed by atoms with van der Waals surface area (Å²) in [6.45, 7) is 13.7. The van der Waals surface area contributed by atoms with E-state index in [0.717, 1.165) is 22.5 Å². The molecule has 0 amide bonds. The molecule has 0 spiro atoms. The summed E-state index contributed by atoms with van der Waals surface area (Å²) in [6.07, 6.45) is 5.54. The molecule has 0 saturated carbocycles. The van der Waals surface area contributed by atoms with Gasteiger partial charge in [-0.1, -0.05) is 37.4 Å². The molecule has 0 aliphatic rings. The maximum atomic E-state index is 4.64. The monoisotopic (exact) mass is 225 g/mol. The van der Waals surface area contributed by atoms with Gasteiger partial charge >= 0.3 is 0 Å². The molecule has 0 N–H and O–H groups in total. The first-order valence-electron chi connectivity index (χ1n) is 5.70. The van der Waals surface area contributed by atoms with Crippen LogP contribution < -0.4 is 0 Å². The van der Waals surface area contributed by atoms with E-state index in [1.165, 1.54) is 5.56 Å². The van der Waals surface area contributed by atoms with Gasteiger partial charge in [-0.25, -0.2) is 4.99 Å². The minimum atomic E-state index is 0.858. The molecule has 1 rings (SSSR count). The molecule has 0 saturated heterocycles. The first-order valence-corrected chi connectivity index (χ1v) is 5.70. The minimum Gasteiger partial charge on any atom is -0.248 e. The standard InChI is InChI=1S/C16H19N/c1-6-14(7-2)15(8-3)17-16-11-12(4)9-10-13(16)5/h6-11H,1,3H2,2,4-5H3/b14-7+,17-15+. The van der Waals surface area contributed by atoms with Gasteiger partial charge in [0.1, 0.15) is 0 Å². The van der Waals surface area contributed by atoms with E-state index in [0.29, 0.717) is 0 Å². The second-order valence-corrected chi connectivity index (χ2v) is 3.94. The Labute approximate surface area is 104 Å². The Kier molecular flexibility index (Phi) is 4.65. The molecule has 88 valence electrons. The minimum absolute atomic E-state index is 0.858. The van der Waals surface area contributed by atoms with Crippen molar-refractivity contribution in [2.45, 2.75) is 20.8 Å². The summed E-state index contributed by atoms with van der Waals surface area (Å²) in [5, 5.41) is 0. The van der Waals surface area contributed by atoms with Gasteiger partial charge in [-0.2, -0.15) is 0 Å². The Bertz CT molecular complexity index is 490. The van der Waals surface area contributed by atoms with E-state index in [9.17, 15) is 0 Å². The highest BCUT2D eigenvalue weighted by molar-refractivity contribution is 6.11. The first-order chi connectivity index (χ1) is 8.12. The summed E-state index contributed by atoms with van der Waals surface area (Å²) in [5.74, 6) is 0. The van der Waals surface area contributed by atoms with Crippen LogP contribution in [0.25, 0.3) is 0 Å². The molecular weight excluding hydrogens is 206 g/mol. The average Bonchev–Trinajstić information content (AvgIpc) is 2.33. The highest BCUT2D eigenvalue weighted by Gasteiger charge is 2.01. The summed E-state index contributed by atoms with van der Waals surface area (Å²) in [6, 6.07) is 6.25. The zero-order valence-corrected chi connectivity index (χ0v) is 10.8. The number of rotatable bonds is 4. The van der Waals surface area contributed by atoms with Gasteiger partial charge in [-0.05, 0) is 49.6 Å². The maximum absolute atomic E-state index is 4.64. The zero-order chi connectivity index (χ0) is 12.8. The number of hydrogen-bond donors (Lipinski definition) is 0. The smallest absolute Gasteiger partial charge is 0.0699 e. The maximum Gasteiger partial charge on any atom is 0.0699 e. The molecule has 0 heterocycles. The van der Waals surface area contributed by atoms with Crippen molar-refractivity contribution < 1.29 is 0 Å². The molecule has 0 bridgehead atoms. The van der Waals surface area contributed by atoms with Crippen LogP contribution in [0.4, 0.5) is 5.69 Å². The highest BCUT2D eigenvalue weighted by atomic mass is 14.7. The molecule has 1 heteroatoms. The summed E-state index contributed by atoms with van der Waals surface area (Å²) < 4.78 is 0. The van der Waals surface area contributed by atoms with Gasteiger partial charge in [-0.15, -0.1) is 0 Å². The van der Waals surface area contributed by atoms with E-state index < -0.39 is 0 Å². The summed E-state index contributed by atoms with van der Waals surface area (Å²) >= 11 is 0. The molecule has 1 aromatic rings. The van der Waals surface area contributed by atoms with Crippen molar-refractivity contribution in [1.29, 1.82) is 0 Å². The van der Waals surface area contributed by atoms with Crippen LogP contribution in [0.3, 0.4) is 0 Å². The Morgan fingerprint density at radius 1 is 1.18 bits per heavy atom. The van der Waals surface area contributed by atoms with Gasteiger partial charge in [-0.3, -0.25) is 0 Å². The van der Waals surface area contributed by atoms with Crippen LogP contribution in [0.5, 0.6) is 0 Å². The number of hydrogen-bond acceptors (Lipinski definition) is 1. The highest BCUT2D eigenvalue weighted by Crippen LogP contribution is 2.21. The second-order valence-electron chi connectivity index (χ2n) is 3.94.